The Morgan fingerprint density at radius 2 is 1.86 bits per heavy atom. The number of hydrogen-bond donors (Lipinski definition) is 2. The Bertz CT molecular complexity index is 621. The average molecular weight is 295 g/mol. The molecular formula is C18H21N3O. The van der Waals surface area contributed by atoms with Gasteiger partial charge < -0.3 is 10.6 Å². The molecule has 3 rings (SSSR count). The number of benzene rings is 1. The topological polar surface area (TPSA) is 54.0 Å². The Labute approximate surface area is 131 Å². The molecule has 4 heteroatoms. The van der Waals surface area contributed by atoms with Gasteiger partial charge in [0.25, 0.3) is 0 Å². The van der Waals surface area contributed by atoms with Crippen molar-refractivity contribution in [1.82, 2.24) is 15.6 Å². The van der Waals surface area contributed by atoms with Gasteiger partial charge in [-0.1, -0.05) is 49.2 Å². The van der Waals surface area contributed by atoms with Crippen molar-refractivity contribution in [3.05, 3.63) is 54.2 Å². The number of carbonyl (C=O) groups is 1. The number of urea groups is 1. The second-order valence-electron chi connectivity index (χ2n) is 5.69. The SMILES string of the molecule is O=C(NCc1cccnc1-c1ccccc1)NC1CCCC1. The first-order chi connectivity index (χ1) is 10.8. The fraction of sp³-hybridized carbons (Fsp3) is 0.333. The Balaban J connectivity index is 1.64. The fourth-order valence-electron chi connectivity index (χ4n) is 2.92. The van der Waals surface area contributed by atoms with Gasteiger partial charge in [-0.05, 0) is 24.5 Å². The summed E-state index contributed by atoms with van der Waals surface area (Å²) in [5, 5.41) is 5.98. The number of amides is 2. The molecule has 0 bridgehead atoms. The summed E-state index contributed by atoms with van der Waals surface area (Å²) in [6.07, 6.45) is 6.40. The van der Waals surface area contributed by atoms with Crippen molar-refractivity contribution in [3.8, 4) is 11.3 Å². The van der Waals surface area contributed by atoms with Gasteiger partial charge in [0.1, 0.15) is 0 Å². The highest BCUT2D eigenvalue weighted by Crippen LogP contribution is 2.20. The second-order valence-corrected chi connectivity index (χ2v) is 5.69. The third-order valence-corrected chi connectivity index (χ3v) is 4.07. The summed E-state index contributed by atoms with van der Waals surface area (Å²) in [4.78, 5) is 16.4. The third-order valence-electron chi connectivity index (χ3n) is 4.07. The van der Waals surface area contributed by atoms with Crippen LogP contribution in [0.4, 0.5) is 4.79 Å². The molecule has 2 N–H and O–H groups in total. The monoisotopic (exact) mass is 295 g/mol. The van der Waals surface area contributed by atoms with E-state index in [1.165, 1.54) is 12.8 Å². The molecule has 1 fully saturated rings. The zero-order chi connectivity index (χ0) is 15.2. The number of carbonyl (C=O) groups excluding carboxylic acids is 1. The summed E-state index contributed by atoms with van der Waals surface area (Å²) < 4.78 is 0. The smallest absolute Gasteiger partial charge is 0.315 e. The van der Waals surface area contributed by atoms with E-state index in [9.17, 15) is 4.79 Å². The summed E-state index contributed by atoms with van der Waals surface area (Å²) >= 11 is 0. The van der Waals surface area contributed by atoms with Crippen LogP contribution in [0.5, 0.6) is 0 Å². The molecule has 0 radical (unpaired) electrons. The van der Waals surface area contributed by atoms with Crippen LogP contribution in [-0.2, 0) is 6.54 Å². The molecule has 0 saturated heterocycles. The Hall–Kier alpha value is -2.36. The summed E-state index contributed by atoms with van der Waals surface area (Å²) in [5.41, 5.74) is 3.01. The van der Waals surface area contributed by atoms with E-state index >= 15 is 0 Å². The van der Waals surface area contributed by atoms with Gasteiger partial charge in [-0.25, -0.2) is 4.79 Å². The van der Waals surface area contributed by atoms with Gasteiger partial charge in [-0.3, -0.25) is 4.98 Å². The van der Waals surface area contributed by atoms with Crippen molar-refractivity contribution in [1.29, 1.82) is 0 Å². The Kier molecular flexibility index (Phi) is 4.68. The van der Waals surface area contributed by atoms with E-state index in [1.54, 1.807) is 6.20 Å². The highest BCUT2D eigenvalue weighted by molar-refractivity contribution is 5.74. The molecule has 0 atom stereocenters. The normalized spacial score (nSPS) is 14.7. The Morgan fingerprint density at radius 3 is 2.64 bits per heavy atom. The summed E-state index contributed by atoms with van der Waals surface area (Å²) in [6.45, 7) is 0.483. The molecule has 2 amide bonds. The minimum absolute atomic E-state index is 0.0882. The van der Waals surface area contributed by atoms with Crippen LogP contribution in [-0.4, -0.2) is 17.1 Å². The van der Waals surface area contributed by atoms with Crippen LogP contribution in [0, 0.1) is 0 Å². The molecule has 2 aromatic rings. The highest BCUT2D eigenvalue weighted by atomic mass is 16.2. The van der Waals surface area contributed by atoms with Gasteiger partial charge in [0.2, 0.25) is 0 Å². The van der Waals surface area contributed by atoms with Crippen molar-refractivity contribution >= 4 is 6.03 Å². The van der Waals surface area contributed by atoms with E-state index in [-0.39, 0.29) is 6.03 Å². The van der Waals surface area contributed by atoms with Crippen molar-refractivity contribution in [2.75, 3.05) is 0 Å². The molecule has 114 valence electrons. The van der Waals surface area contributed by atoms with E-state index in [2.05, 4.69) is 15.6 Å². The largest absolute Gasteiger partial charge is 0.335 e. The maximum Gasteiger partial charge on any atom is 0.315 e. The zero-order valence-corrected chi connectivity index (χ0v) is 12.6. The molecule has 1 aromatic heterocycles. The van der Waals surface area contributed by atoms with Gasteiger partial charge in [0.05, 0.1) is 5.69 Å². The fourth-order valence-corrected chi connectivity index (χ4v) is 2.92. The molecule has 1 heterocycles. The molecule has 22 heavy (non-hydrogen) atoms. The predicted octanol–water partition coefficient (Wildman–Crippen LogP) is 3.49. The molecule has 1 aliphatic carbocycles. The van der Waals surface area contributed by atoms with Crippen molar-refractivity contribution in [2.24, 2.45) is 0 Å². The first-order valence-corrected chi connectivity index (χ1v) is 7.86. The number of hydrogen-bond acceptors (Lipinski definition) is 2. The average Bonchev–Trinajstić information content (AvgIpc) is 3.07. The molecule has 0 spiro atoms. The minimum atomic E-state index is -0.0882. The molecule has 1 aliphatic rings. The maximum absolute atomic E-state index is 12.0. The molecule has 4 nitrogen and oxygen atoms in total. The molecular weight excluding hydrogens is 274 g/mol. The van der Waals surface area contributed by atoms with Gasteiger partial charge in [-0.15, -0.1) is 0 Å². The van der Waals surface area contributed by atoms with Crippen LogP contribution in [0.1, 0.15) is 31.2 Å². The predicted molar refractivity (Wildman–Crippen MR) is 87.3 cm³/mol. The van der Waals surface area contributed by atoms with Crippen LogP contribution in [0.3, 0.4) is 0 Å². The van der Waals surface area contributed by atoms with Crippen molar-refractivity contribution < 1.29 is 4.79 Å². The number of pyridine rings is 1. The van der Waals surface area contributed by atoms with Gasteiger partial charge in [-0.2, -0.15) is 0 Å². The lowest BCUT2D eigenvalue weighted by atomic mass is 10.1. The number of nitrogens with zero attached hydrogens (tertiary/aromatic N) is 1. The molecule has 0 aliphatic heterocycles. The van der Waals surface area contributed by atoms with Gasteiger partial charge in [0, 0.05) is 24.3 Å². The maximum atomic E-state index is 12.0. The lowest BCUT2D eigenvalue weighted by Gasteiger charge is -2.14. The van der Waals surface area contributed by atoms with E-state index < -0.39 is 0 Å². The van der Waals surface area contributed by atoms with Crippen molar-refractivity contribution in [3.63, 3.8) is 0 Å². The summed E-state index contributed by atoms with van der Waals surface area (Å²) in [6, 6.07) is 14.2. The lowest BCUT2D eigenvalue weighted by molar-refractivity contribution is 0.236. The standard InChI is InChI=1S/C18H21N3O/c22-18(21-16-10-4-5-11-16)20-13-15-9-6-12-19-17(15)14-7-2-1-3-8-14/h1-3,6-9,12,16H,4-5,10-11,13H2,(H2,20,21,22). The lowest BCUT2D eigenvalue weighted by Crippen LogP contribution is -2.40. The van der Waals surface area contributed by atoms with Crippen molar-refractivity contribution in [2.45, 2.75) is 38.3 Å². The van der Waals surface area contributed by atoms with Crippen LogP contribution in [0.25, 0.3) is 11.3 Å². The Morgan fingerprint density at radius 1 is 1.09 bits per heavy atom. The third kappa shape index (κ3) is 3.64. The van der Waals surface area contributed by atoms with Crippen LogP contribution in [0.15, 0.2) is 48.7 Å². The van der Waals surface area contributed by atoms with E-state index in [0.717, 1.165) is 29.7 Å². The summed E-state index contributed by atoms with van der Waals surface area (Å²) in [7, 11) is 0. The second kappa shape index (κ2) is 7.07. The summed E-state index contributed by atoms with van der Waals surface area (Å²) in [5.74, 6) is 0. The van der Waals surface area contributed by atoms with Gasteiger partial charge in [0.15, 0.2) is 0 Å². The number of aromatic nitrogens is 1. The highest BCUT2D eigenvalue weighted by Gasteiger charge is 2.17. The molecule has 1 saturated carbocycles. The van der Waals surface area contributed by atoms with Crippen LogP contribution >= 0.6 is 0 Å². The van der Waals surface area contributed by atoms with E-state index in [0.29, 0.717) is 12.6 Å². The molecule has 0 unspecified atom stereocenters. The minimum Gasteiger partial charge on any atom is -0.335 e. The first-order valence-electron chi connectivity index (χ1n) is 7.86. The van der Waals surface area contributed by atoms with Crippen LogP contribution in [0.2, 0.25) is 0 Å². The number of nitrogens with one attached hydrogen (secondary N) is 2. The molecule has 1 aromatic carbocycles. The van der Waals surface area contributed by atoms with E-state index in [1.807, 2.05) is 42.5 Å². The number of rotatable bonds is 4. The van der Waals surface area contributed by atoms with E-state index in [4.69, 9.17) is 0 Å². The zero-order valence-electron chi connectivity index (χ0n) is 12.6. The van der Waals surface area contributed by atoms with Crippen LogP contribution < -0.4 is 10.6 Å². The quantitative estimate of drug-likeness (QED) is 0.907. The first kappa shape index (κ1) is 14.6. The van der Waals surface area contributed by atoms with Gasteiger partial charge >= 0.3 is 6.03 Å².